The van der Waals surface area contributed by atoms with E-state index in [1.807, 2.05) is 41.5 Å². The lowest BCUT2D eigenvalue weighted by atomic mass is 10.1. The Balaban J connectivity index is 3.26. The molecule has 1 aromatic carbocycles. The molecule has 1 rings (SSSR count). The Hall–Kier alpha value is -1.62. The lowest BCUT2D eigenvalue weighted by Crippen LogP contribution is -2.36. The lowest BCUT2D eigenvalue weighted by Gasteiger charge is -2.43. The van der Waals surface area contributed by atoms with E-state index in [0.717, 1.165) is 16.2 Å². The predicted octanol–water partition coefficient (Wildman–Crippen LogP) is 5.42. The third-order valence-electron chi connectivity index (χ3n) is 3.80. The minimum absolute atomic E-state index is 0.411. The number of hydroxylamine groups is 1. The van der Waals surface area contributed by atoms with Crippen LogP contribution in [0.4, 0.5) is 11.4 Å². The quantitative estimate of drug-likeness (QED) is 0.514. The molecule has 24 heavy (non-hydrogen) atoms. The molecule has 0 unspecified atom stereocenters. The van der Waals surface area contributed by atoms with Gasteiger partial charge in [-0.25, -0.2) is 0 Å². The van der Waals surface area contributed by atoms with Crippen LogP contribution < -0.4 is 9.80 Å². The largest absolute Gasteiger partial charge is 0.758 e. The molecule has 0 spiro atoms. The van der Waals surface area contributed by atoms with E-state index >= 15 is 0 Å². The van der Waals surface area contributed by atoms with Crippen LogP contribution >= 0.6 is 0 Å². The molecule has 5 nitrogen and oxygen atoms in total. The van der Waals surface area contributed by atoms with Gasteiger partial charge in [0.05, 0.1) is 12.7 Å². The molecule has 0 saturated heterocycles. The SMILES string of the molecule is CC[C@H](C)COc1cc(N([O-])C(C)(C)C)cc([N+](=O)C(C)(C)C)c1. The van der Waals surface area contributed by atoms with Gasteiger partial charge in [-0.1, -0.05) is 20.3 Å². The zero-order valence-electron chi connectivity index (χ0n) is 16.3. The van der Waals surface area contributed by atoms with E-state index in [9.17, 15) is 10.1 Å². The molecule has 1 aromatic rings. The van der Waals surface area contributed by atoms with Crippen molar-refractivity contribution in [2.24, 2.45) is 5.92 Å². The first kappa shape index (κ1) is 20.4. The number of hydrogen-bond donors (Lipinski definition) is 0. The molecule has 0 bridgehead atoms. The molecule has 0 radical (unpaired) electrons. The van der Waals surface area contributed by atoms with Gasteiger partial charge in [-0.15, -0.1) is 0 Å². The fourth-order valence-electron chi connectivity index (χ4n) is 2.02. The van der Waals surface area contributed by atoms with Gasteiger partial charge in [0.15, 0.2) is 0 Å². The van der Waals surface area contributed by atoms with Gasteiger partial charge in [-0.3, -0.25) is 0 Å². The molecule has 0 aromatic heterocycles. The summed E-state index contributed by atoms with van der Waals surface area (Å²) < 4.78 is 6.75. The average molecular weight is 336 g/mol. The second kappa shape index (κ2) is 7.51. The third kappa shape index (κ3) is 5.48. The van der Waals surface area contributed by atoms with Crippen molar-refractivity contribution in [2.75, 3.05) is 11.7 Å². The molecule has 0 saturated carbocycles. The Morgan fingerprint density at radius 2 is 1.75 bits per heavy atom. The van der Waals surface area contributed by atoms with E-state index in [4.69, 9.17) is 4.74 Å². The summed E-state index contributed by atoms with van der Waals surface area (Å²) in [5, 5.41) is 13.5. The zero-order chi connectivity index (χ0) is 18.7. The van der Waals surface area contributed by atoms with Crippen LogP contribution in [0.3, 0.4) is 0 Å². The first-order chi connectivity index (χ1) is 10.9. The summed E-state index contributed by atoms with van der Waals surface area (Å²) in [6.07, 6.45) is 1.01. The van der Waals surface area contributed by atoms with Crippen LogP contribution in [0.25, 0.3) is 0 Å². The molecule has 5 heteroatoms. The first-order valence-electron chi connectivity index (χ1n) is 8.59. The van der Waals surface area contributed by atoms with Crippen LogP contribution in [0.1, 0.15) is 61.8 Å². The number of ether oxygens (including phenoxy) is 1. The molecule has 0 aliphatic rings. The molecular formula is C19H32N2O3. The van der Waals surface area contributed by atoms with E-state index < -0.39 is 11.1 Å². The van der Waals surface area contributed by atoms with Crippen molar-refractivity contribution in [3.8, 4) is 5.75 Å². The van der Waals surface area contributed by atoms with Gasteiger partial charge in [0, 0.05) is 53.8 Å². The molecule has 0 aliphatic heterocycles. The van der Waals surface area contributed by atoms with E-state index in [-0.39, 0.29) is 0 Å². The monoisotopic (exact) mass is 336 g/mol. The second-order valence-corrected chi connectivity index (χ2v) is 8.44. The smallest absolute Gasteiger partial charge is 0.262 e. The molecule has 0 amide bonds. The fourth-order valence-corrected chi connectivity index (χ4v) is 2.02. The van der Waals surface area contributed by atoms with Crippen LogP contribution in [0.2, 0.25) is 0 Å². The minimum atomic E-state index is -0.595. The number of nitrogens with zero attached hydrogens (tertiary/aromatic N) is 2. The van der Waals surface area contributed by atoms with Crippen LogP contribution in [0, 0.1) is 16.0 Å². The van der Waals surface area contributed by atoms with Crippen molar-refractivity contribution in [1.29, 1.82) is 0 Å². The highest BCUT2D eigenvalue weighted by molar-refractivity contribution is 5.59. The summed E-state index contributed by atoms with van der Waals surface area (Å²) in [5.74, 6) is 0.965. The molecule has 0 heterocycles. The molecule has 0 N–H and O–H groups in total. The van der Waals surface area contributed by atoms with E-state index in [2.05, 4.69) is 13.8 Å². The van der Waals surface area contributed by atoms with Crippen molar-refractivity contribution in [3.05, 3.63) is 28.3 Å². The van der Waals surface area contributed by atoms with Gasteiger partial charge in [0.2, 0.25) is 5.54 Å². The summed E-state index contributed by atoms with van der Waals surface area (Å²) >= 11 is 0. The molecule has 0 aliphatic carbocycles. The second-order valence-electron chi connectivity index (χ2n) is 8.44. The van der Waals surface area contributed by atoms with Crippen molar-refractivity contribution >= 4 is 11.4 Å². The van der Waals surface area contributed by atoms with Crippen molar-refractivity contribution in [3.63, 3.8) is 0 Å². The Morgan fingerprint density at radius 3 is 2.21 bits per heavy atom. The minimum Gasteiger partial charge on any atom is -0.758 e. The van der Waals surface area contributed by atoms with E-state index in [0.29, 0.717) is 29.6 Å². The van der Waals surface area contributed by atoms with Gasteiger partial charge in [0.25, 0.3) is 5.69 Å². The number of hydrogen-bond acceptors (Lipinski definition) is 4. The van der Waals surface area contributed by atoms with Crippen LogP contribution in [0.5, 0.6) is 5.75 Å². The molecule has 136 valence electrons. The number of nitroso groups, excluding NO2 is 1. The standard InChI is InChI=1S/C19H32N2O3/c1-9-14(2)13-24-17-11-15(20(22)18(3,4)5)10-16(12-17)21(23)19(6,7)8/h10-12,14H,9,13H2,1-8H3/t14-/m0/s1. The summed E-state index contributed by atoms with van der Waals surface area (Å²) in [6, 6.07) is 5.05. The maximum atomic E-state index is 12.6. The number of anilines is 1. The number of benzene rings is 1. The normalized spacial score (nSPS) is 13.5. The number of rotatable bonds is 6. The van der Waals surface area contributed by atoms with Gasteiger partial charge >= 0.3 is 0 Å². The van der Waals surface area contributed by atoms with Crippen molar-refractivity contribution in [2.45, 2.75) is 72.9 Å². The Kier molecular flexibility index (Phi) is 6.39. The maximum absolute atomic E-state index is 12.6. The van der Waals surface area contributed by atoms with Crippen molar-refractivity contribution in [1.82, 2.24) is 0 Å². The highest BCUT2D eigenvalue weighted by Crippen LogP contribution is 2.33. The highest BCUT2D eigenvalue weighted by atomic mass is 16.5. The van der Waals surface area contributed by atoms with Crippen molar-refractivity contribution < 1.29 is 9.50 Å². The highest BCUT2D eigenvalue weighted by Gasteiger charge is 2.32. The van der Waals surface area contributed by atoms with Gasteiger partial charge < -0.3 is 15.0 Å². The van der Waals surface area contributed by atoms with Crippen LogP contribution in [-0.4, -0.2) is 22.4 Å². The predicted molar refractivity (Wildman–Crippen MR) is 100 cm³/mol. The zero-order valence-corrected chi connectivity index (χ0v) is 16.3. The summed E-state index contributed by atoms with van der Waals surface area (Å²) in [4.78, 5) is 12.6. The topological polar surface area (TPSA) is 55.6 Å². The van der Waals surface area contributed by atoms with Crippen LogP contribution in [-0.2, 0) is 0 Å². The average Bonchev–Trinajstić information content (AvgIpc) is 2.48. The maximum Gasteiger partial charge on any atom is 0.262 e. The Bertz CT molecular complexity index is 571. The first-order valence-corrected chi connectivity index (χ1v) is 8.59. The Morgan fingerprint density at radius 1 is 1.17 bits per heavy atom. The van der Waals surface area contributed by atoms with E-state index in [1.165, 1.54) is 0 Å². The summed E-state index contributed by atoms with van der Waals surface area (Å²) in [5.41, 5.74) is -0.321. The molecular weight excluding hydrogens is 304 g/mol. The lowest BCUT2D eigenvalue weighted by molar-refractivity contribution is -0.540. The third-order valence-corrected chi connectivity index (χ3v) is 3.80. The molecule has 0 fully saturated rings. The summed E-state index contributed by atoms with van der Waals surface area (Å²) in [7, 11) is 0. The van der Waals surface area contributed by atoms with Gasteiger partial charge in [-0.2, -0.15) is 0 Å². The van der Waals surface area contributed by atoms with Gasteiger partial charge in [0.1, 0.15) is 5.75 Å². The Labute approximate surface area is 146 Å². The van der Waals surface area contributed by atoms with Crippen LogP contribution in [0.15, 0.2) is 18.2 Å². The molecule has 1 atom stereocenters. The van der Waals surface area contributed by atoms with Gasteiger partial charge in [-0.05, 0) is 26.7 Å². The van der Waals surface area contributed by atoms with E-state index in [1.54, 1.807) is 18.2 Å². The summed E-state index contributed by atoms with van der Waals surface area (Å²) in [6.45, 7) is 15.8. The fraction of sp³-hybridized carbons (Fsp3) is 0.684.